The standard InChI is InChI=1S/C15H13IN2O/c16-13-5-1-3-11(9-13)15(19)18-8-6-14-12(10-18)4-2-7-17-14/h1-5,7,9H,6,8,10H2. The van der Waals surface area contributed by atoms with E-state index >= 15 is 0 Å². The Labute approximate surface area is 125 Å². The molecule has 3 rings (SSSR count). The lowest BCUT2D eigenvalue weighted by Crippen LogP contribution is -2.36. The molecule has 1 amide bonds. The number of benzene rings is 1. The Morgan fingerprint density at radius 2 is 2.16 bits per heavy atom. The van der Waals surface area contributed by atoms with Gasteiger partial charge in [-0.2, -0.15) is 0 Å². The van der Waals surface area contributed by atoms with E-state index < -0.39 is 0 Å². The van der Waals surface area contributed by atoms with Crippen LogP contribution in [-0.4, -0.2) is 22.3 Å². The number of nitrogens with zero attached hydrogens (tertiary/aromatic N) is 2. The molecule has 0 unspecified atom stereocenters. The maximum atomic E-state index is 12.5. The second kappa shape index (κ2) is 5.28. The smallest absolute Gasteiger partial charge is 0.254 e. The van der Waals surface area contributed by atoms with E-state index in [1.807, 2.05) is 41.4 Å². The summed E-state index contributed by atoms with van der Waals surface area (Å²) in [5.74, 6) is 0.105. The maximum Gasteiger partial charge on any atom is 0.254 e. The van der Waals surface area contributed by atoms with Gasteiger partial charge in [-0.1, -0.05) is 12.1 Å². The minimum atomic E-state index is 0.105. The van der Waals surface area contributed by atoms with Crippen molar-refractivity contribution in [1.82, 2.24) is 9.88 Å². The number of aromatic nitrogens is 1. The van der Waals surface area contributed by atoms with Crippen molar-refractivity contribution in [3.05, 3.63) is 63.0 Å². The van der Waals surface area contributed by atoms with Crippen molar-refractivity contribution in [3.63, 3.8) is 0 Å². The van der Waals surface area contributed by atoms with E-state index in [2.05, 4.69) is 33.6 Å². The van der Waals surface area contributed by atoms with Crippen molar-refractivity contribution in [3.8, 4) is 0 Å². The van der Waals surface area contributed by atoms with E-state index in [0.29, 0.717) is 6.54 Å². The number of carbonyl (C=O) groups is 1. The van der Waals surface area contributed by atoms with Crippen molar-refractivity contribution < 1.29 is 4.79 Å². The zero-order chi connectivity index (χ0) is 13.2. The topological polar surface area (TPSA) is 33.2 Å². The minimum Gasteiger partial charge on any atom is -0.334 e. The highest BCUT2D eigenvalue weighted by Crippen LogP contribution is 2.19. The number of hydrogen-bond acceptors (Lipinski definition) is 2. The summed E-state index contributed by atoms with van der Waals surface area (Å²) in [5, 5.41) is 0. The van der Waals surface area contributed by atoms with E-state index in [0.717, 1.165) is 33.4 Å². The molecular weight excluding hydrogens is 351 g/mol. The molecule has 1 aliphatic heterocycles. The van der Waals surface area contributed by atoms with Gasteiger partial charge in [0.1, 0.15) is 0 Å². The summed E-state index contributed by atoms with van der Waals surface area (Å²) in [5.41, 5.74) is 3.04. The van der Waals surface area contributed by atoms with Crippen LogP contribution in [0.5, 0.6) is 0 Å². The van der Waals surface area contributed by atoms with Crippen LogP contribution in [0.15, 0.2) is 42.6 Å². The van der Waals surface area contributed by atoms with Crippen LogP contribution in [0.25, 0.3) is 0 Å². The summed E-state index contributed by atoms with van der Waals surface area (Å²) >= 11 is 2.23. The summed E-state index contributed by atoms with van der Waals surface area (Å²) in [7, 11) is 0. The largest absolute Gasteiger partial charge is 0.334 e. The Bertz CT molecular complexity index is 627. The molecule has 3 nitrogen and oxygen atoms in total. The molecule has 19 heavy (non-hydrogen) atoms. The zero-order valence-corrected chi connectivity index (χ0v) is 12.5. The molecule has 0 atom stereocenters. The van der Waals surface area contributed by atoms with Gasteiger partial charge in [-0.15, -0.1) is 0 Å². The molecule has 0 saturated heterocycles. The molecule has 1 aromatic heterocycles. The molecule has 0 N–H and O–H groups in total. The molecule has 0 fully saturated rings. The lowest BCUT2D eigenvalue weighted by Gasteiger charge is -2.28. The molecule has 1 aliphatic rings. The fourth-order valence-corrected chi connectivity index (χ4v) is 2.89. The van der Waals surface area contributed by atoms with Gasteiger partial charge in [-0.25, -0.2) is 0 Å². The number of amides is 1. The first kappa shape index (κ1) is 12.6. The first-order chi connectivity index (χ1) is 9.24. The third-order valence-electron chi connectivity index (χ3n) is 3.32. The predicted octanol–water partition coefficient (Wildman–Crippen LogP) is 2.88. The van der Waals surface area contributed by atoms with Crippen LogP contribution >= 0.6 is 22.6 Å². The Morgan fingerprint density at radius 3 is 3.00 bits per heavy atom. The lowest BCUT2D eigenvalue weighted by atomic mass is 10.0. The molecule has 0 bridgehead atoms. The second-order valence-corrected chi connectivity index (χ2v) is 5.84. The lowest BCUT2D eigenvalue weighted by molar-refractivity contribution is 0.0733. The quantitative estimate of drug-likeness (QED) is 0.730. The van der Waals surface area contributed by atoms with Crippen LogP contribution in [0.2, 0.25) is 0 Å². The van der Waals surface area contributed by atoms with Crippen molar-refractivity contribution in [2.45, 2.75) is 13.0 Å². The predicted molar refractivity (Wildman–Crippen MR) is 81.8 cm³/mol. The van der Waals surface area contributed by atoms with Crippen LogP contribution in [0.3, 0.4) is 0 Å². The SMILES string of the molecule is O=C(c1cccc(I)c1)N1CCc2ncccc2C1. The molecule has 0 spiro atoms. The summed E-state index contributed by atoms with van der Waals surface area (Å²) < 4.78 is 1.09. The van der Waals surface area contributed by atoms with Crippen molar-refractivity contribution in [2.75, 3.05) is 6.54 Å². The molecule has 0 aliphatic carbocycles. The highest BCUT2D eigenvalue weighted by molar-refractivity contribution is 14.1. The van der Waals surface area contributed by atoms with Crippen LogP contribution in [0.1, 0.15) is 21.6 Å². The summed E-state index contributed by atoms with van der Waals surface area (Å²) in [4.78, 5) is 18.7. The third kappa shape index (κ3) is 2.63. The van der Waals surface area contributed by atoms with Gasteiger partial charge in [-0.3, -0.25) is 9.78 Å². The summed E-state index contributed by atoms with van der Waals surface area (Å²) in [6, 6.07) is 11.7. The van der Waals surface area contributed by atoms with E-state index in [1.165, 1.54) is 0 Å². The summed E-state index contributed by atoms with van der Waals surface area (Å²) in [6.45, 7) is 1.40. The Hall–Kier alpha value is -1.43. The number of carbonyl (C=O) groups excluding carboxylic acids is 1. The third-order valence-corrected chi connectivity index (χ3v) is 3.99. The molecule has 4 heteroatoms. The Balaban J connectivity index is 1.83. The van der Waals surface area contributed by atoms with Gasteiger partial charge in [0.25, 0.3) is 5.91 Å². The fourth-order valence-electron chi connectivity index (χ4n) is 2.34. The van der Waals surface area contributed by atoms with Gasteiger partial charge in [0.2, 0.25) is 0 Å². The van der Waals surface area contributed by atoms with Gasteiger partial charge < -0.3 is 4.90 Å². The molecule has 0 saturated carbocycles. The van der Waals surface area contributed by atoms with Crippen LogP contribution < -0.4 is 0 Å². The number of halogens is 1. The minimum absolute atomic E-state index is 0.105. The number of pyridine rings is 1. The first-order valence-corrected chi connectivity index (χ1v) is 7.29. The van der Waals surface area contributed by atoms with Gasteiger partial charge in [-0.05, 0) is 52.4 Å². The van der Waals surface area contributed by atoms with Gasteiger partial charge in [0, 0.05) is 40.5 Å². The van der Waals surface area contributed by atoms with E-state index in [4.69, 9.17) is 0 Å². The number of rotatable bonds is 1. The Morgan fingerprint density at radius 1 is 1.26 bits per heavy atom. The van der Waals surface area contributed by atoms with Crippen molar-refractivity contribution >= 4 is 28.5 Å². The molecule has 2 aromatic rings. The fraction of sp³-hybridized carbons (Fsp3) is 0.200. The normalized spacial score (nSPS) is 14.1. The van der Waals surface area contributed by atoms with Crippen molar-refractivity contribution in [1.29, 1.82) is 0 Å². The number of hydrogen-bond donors (Lipinski definition) is 0. The van der Waals surface area contributed by atoms with E-state index in [-0.39, 0.29) is 5.91 Å². The molecular formula is C15H13IN2O. The molecule has 96 valence electrons. The van der Waals surface area contributed by atoms with E-state index in [1.54, 1.807) is 0 Å². The van der Waals surface area contributed by atoms with Gasteiger partial charge in [0.05, 0.1) is 0 Å². The van der Waals surface area contributed by atoms with Gasteiger partial charge >= 0.3 is 0 Å². The zero-order valence-electron chi connectivity index (χ0n) is 10.3. The maximum absolute atomic E-state index is 12.5. The highest BCUT2D eigenvalue weighted by Gasteiger charge is 2.22. The molecule has 0 radical (unpaired) electrons. The van der Waals surface area contributed by atoms with E-state index in [9.17, 15) is 4.79 Å². The van der Waals surface area contributed by atoms with Crippen molar-refractivity contribution in [2.24, 2.45) is 0 Å². The average molecular weight is 364 g/mol. The van der Waals surface area contributed by atoms with Crippen LogP contribution in [0.4, 0.5) is 0 Å². The number of fused-ring (bicyclic) bond motifs is 1. The van der Waals surface area contributed by atoms with Crippen LogP contribution in [-0.2, 0) is 13.0 Å². The first-order valence-electron chi connectivity index (χ1n) is 6.21. The molecule has 1 aromatic carbocycles. The van der Waals surface area contributed by atoms with Crippen LogP contribution in [0, 0.1) is 3.57 Å². The average Bonchev–Trinajstić information content (AvgIpc) is 2.46. The monoisotopic (exact) mass is 364 g/mol. The second-order valence-electron chi connectivity index (χ2n) is 4.60. The van der Waals surface area contributed by atoms with Gasteiger partial charge in [0.15, 0.2) is 0 Å². The molecule has 2 heterocycles. The highest BCUT2D eigenvalue weighted by atomic mass is 127. The Kier molecular flexibility index (Phi) is 3.50. The summed E-state index contributed by atoms with van der Waals surface area (Å²) in [6.07, 6.45) is 2.65.